The van der Waals surface area contributed by atoms with Gasteiger partial charge in [-0.2, -0.15) is 0 Å². The maximum Gasteiger partial charge on any atom is -1.00 e. The van der Waals surface area contributed by atoms with E-state index in [-0.39, 0.29) is 24.8 Å². The van der Waals surface area contributed by atoms with E-state index in [9.17, 15) is 0 Å². The van der Waals surface area contributed by atoms with Crippen molar-refractivity contribution in [2.45, 2.75) is 20.3 Å². The van der Waals surface area contributed by atoms with Crippen LogP contribution in [0.15, 0.2) is 152 Å². The molecule has 0 bridgehead atoms. The number of hydrogen-bond donors (Lipinski definition) is 0. The molecular formula is C45H33Cl2Zr. The average molecular weight is 736 g/mol. The van der Waals surface area contributed by atoms with Gasteiger partial charge in [0.05, 0.1) is 0 Å². The van der Waals surface area contributed by atoms with Crippen molar-refractivity contribution in [3.8, 4) is 22.3 Å². The average Bonchev–Trinajstić information content (AvgIpc) is 3.73. The van der Waals surface area contributed by atoms with Crippen LogP contribution in [0.25, 0.3) is 36.7 Å². The molecule has 0 atom stereocenters. The molecule has 0 spiro atoms. The Kier molecular flexibility index (Phi) is 10.1. The molecule has 2 aliphatic carbocycles. The molecule has 6 aromatic rings. The molecule has 0 unspecified atom stereocenters. The predicted molar refractivity (Wildman–Crippen MR) is 189 cm³/mol. The normalized spacial score (nSPS) is 12.5. The summed E-state index contributed by atoms with van der Waals surface area (Å²) < 4.78 is 1.45. The zero-order valence-corrected chi connectivity index (χ0v) is 30.9. The van der Waals surface area contributed by atoms with E-state index < -0.39 is 0 Å². The number of allylic oxidation sites excluding steroid dienone is 4. The standard InChI is InChI=1S/C45H33.2ClH.Zr/c1-30-27-37-29-39-40(32-25-15-16-26-32)31(2)41(33-17-7-3-8-18-33)44(36-23-13-6-14-24-36)45(39)43(37)38(28-30)42(34-19-9-4-10-20-34)35-21-11-5-12-22-35;;;/h3-25,27-28H,26H2,1-2H3;2*1H;/q;;;+2/p-2. The Morgan fingerprint density at radius 2 is 1.08 bits per heavy atom. The molecule has 0 aliphatic heterocycles. The molecule has 0 N–H and O–H groups in total. The van der Waals surface area contributed by atoms with Crippen molar-refractivity contribution in [1.29, 1.82) is 0 Å². The summed E-state index contributed by atoms with van der Waals surface area (Å²) >= 11 is 1.44. The number of aryl methyl sites for hydroxylation is 1. The summed E-state index contributed by atoms with van der Waals surface area (Å²) in [5, 5.41) is 5.46. The zero-order valence-electron chi connectivity index (χ0n) is 26.9. The summed E-state index contributed by atoms with van der Waals surface area (Å²) in [7, 11) is 0. The van der Waals surface area contributed by atoms with Crippen LogP contribution < -0.4 is 35.3 Å². The fourth-order valence-electron chi connectivity index (χ4n) is 7.54. The minimum atomic E-state index is 0. The van der Waals surface area contributed by atoms with Crippen LogP contribution in [0.2, 0.25) is 0 Å². The maximum atomic E-state index is 2.44. The number of halogens is 2. The van der Waals surface area contributed by atoms with E-state index in [1.54, 1.807) is 0 Å². The summed E-state index contributed by atoms with van der Waals surface area (Å²) in [6.07, 6.45) is 7.82. The number of rotatable bonds is 5. The van der Waals surface area contributed by atoms with Crippen molar-refractivity contribution >= 4 is 14.4 Å². The minimum absolute atomic E-state index is 0. The Balaban J connectivity index is 0.00000201. The van der Waals surface area contributed by atoms with Gasteiger partial charge in [-0.15, -0.1) is 0 Å². The molecular weight excluding hydrogens is 703 g/mol. The van der Waals surface area contributed by atoms with Gasteiger partial charge in [0.1, 0.15) is 0 Å². The number of hydrogen-bond acceptors (Lipinski definition) is 0. The van der Waals surface area contributed by atoms with Crippen LogP contribution in [0.3, 0.4) is 0 Å². The Bertz CT molecular complexity index is 2390. The van der Waals surface area contributed by atoms with Crippen molar-refractivity contribution in [3.63, 3.8) is 0 Å². The van der Waals surface area contributed by atoms with Gasteiger partial charge in [0.15, 0.2) is 0 Å². The maximum absolute atomic E-state index is 2.44. The first kappa shape index (κ1) is 33.9. The van der Waals surface area contributed by atoms with E-state index in [2.05, 4.69) is 166 Å². The summed E-state index contributed by atoms with van der Waals surface area (Å²) in [6, 6.07) is 48.9. The van der Waals surface area contributed by atoms with Gasteiger partial charge in [-0.3, -0.25) is 0 Å². The number of fused-ring (bicyclic) bond motifs is 2. The molecule has 231 valence electrons. The smallest absolute Gasteiger partial charge is 1.00 e. The fourth-order valence-corrected chi connectivity index (χ4v) is 8.64. The largest absolute Gasteiger partial charge is 1.00 e. The Morgan fingerprint density at radius 3 is 1.60 bits per heavy atom. The second kappa shape index (κ2) is 14.2. The zero-order chi connectivity index (χ0) is 31.2. The Hall–Kier alpha value is -4.00. The van der Waals surface area contributed by atoms with Crippen molar-refractivity contribution < 1.29 is 49.5 Å². The van der Waals surface area contributed by atoms with Gasteiger partial charge in [-0.1, -0.05) is 0 Å². The summed E-state index contributed by atoms with van der Waals surface area (Å²) in [4.78, 5) is 0. The summed E-state index contributed by atoms with van der Waals surface area (Å²) in [5.74, 6) is 0. The monoisotopic (exact) mass is 733 g/mol. The van der Waals surface area contributed by atoms with E-state index >= 15 is 0 Å². The third kappa shape index (κ3) is 5.73. The number of benzene rings is 6. The molecule has 0 aromatic heterocycles. The Labute approximate surface area is 310 Å². The molecule has 0 amide bonds. The Morgan fingerprint density at radius 1 is 0.562 bits per heavy atom. The first-order valence-electron chi connectivity index (χ1n) is 16.0. The molecule has 0 radical (unpaired) electrons. The van der Waals surface area contributed by atoms with Crippen molar-refractivity contribution in [3.05, 3.63) is 206 Å². The third-order valence-corrected chi connectivity index (χ3v) is 10.7. The molecule has 8 rings (SSSR count). The van der Waals surface area contributed by atoms with Crippen molar-refractivity contribution in [2.75, 3.05) is 0 Å². The van der Waals surface area contributed by atoms with E-state index in [0.29, 0.717) is 0 Å². The van der Waals surface area contributed by atoms with E-state index in [0.717, 1.165) is 6.42 Å². The van der Waals surface area contributed by atoms with Crippen LogP contribution in [0, 0.1) is 24.3 Å². The molecule has 0 saturated heterocycles. The van der Waals surface area contributed by atoms with Crippen LogP contribution in [-0.2, 0) is 24.7 Å². The van der Waals surface area contributed by atoms with Gasteiger partial charge in [0.2, 0.25) is 0 Å². The quantitative estimate of drug-likeness (QED) is 0.255. The second-order valence-electron chi connectivity index (χ2n) is 12.3. The van der Waals surface area contributed by atoms with Gasteiger partial charge in [-0.25, -0.2) is 0 Å². The first-order valence-corrected chi connectivity index (χ1v) is 17.2. The van der Waals surface area contributed by atoms with E-state index in [4.69, 9.17) is 0 Å². The van der Waals surface area contributed by atoms with Gasteiger partial charge >= 0.3 is 288 Å². The molecule has 6 aromatic carbocycles. The van der Waals surface area contributed by atoms with Crippen LogP contribution in [-0.4, -0.2) is 0 Å². The van der Waals surface area contributed by atoms with Gasteiger partial charge in [0.25, 0.3) is 0 Å². The third-order valence-electron chi connectivity index (χ3n) is 9.41. The topological polar surface area (TPSA) is 0 Å². The molecule has 3 heteroatoms. The second-order valence-corrected chi connectivity index (χ2v) is 13.5. The molecule has 0 fully saturated rings. The van der Waals surface area contributed by atoms with Crippen LogP contribution in [0.4, 0.5) is 0 Å². The summed E-state index contributed by atoms with van der Waals surface area (Å²) in [5.41, 5.74) is 15.8. The fraction of sp³-hybridized carbons (Fsp3) is 0.0667. The van der Waals surface area contributed by atoms with Crippen LogP contribution in [0.5, 0.6) is 0 Å². The van der Waals surface area contributed by atoms with E-state index in [1.807, 2.05) is 0 Å². The van der Waals surface area contributed by atoms with E-state index in [1.165, 1.54) is 116 Å². The first-order chi connectivity index (χ1) is 22.6. The molecule has 48 heavy (non-hydrogen) atoms. The van der Waals surface area contributed by atoms with Crippen LogP contribution in [0.1, 0.15) is 39.8 Å². The SMILES string of the molecule is Cc1cc2c(c(=C(c3ccccc3)c3ccccc3)c1)=c1c(-c3ccccc3)c(-c3ccccc3)c(C)c(C3=CC=CC3)c1=[C]2[Zr+2].[Cl-].[Cl-]. The minimum Gasteiger partial charge on any atom is -1.00 e. The van der Waals surface area contributed by atoms with Gasteiger partial charge in [0, 0.05) is 0 Å². The summed E-state index contributed by atoms with van der Waals surface area (Å²) in [6.45, 7) is 4.61. The van der Waals surface area contributed by atoms with Gasteiger partial charge in [-0.05, 0) is 0 Å². The van der Waals surface area contributed by atoms with Gasteiger partial charge < -0.3 is 24.8 Å². The molecule has 0 nitrogen and oxygen atoms in total. The van der Waals surface area contributed by atoms with Crippen molar-refractivity contribution in [1.82, 2.24) is 0 Å². The molecule has 0 heterocycles. The van der Waals surface area contributed by atoms with Crippen LogP contribution >= 0.6 is 0 Å². The molecule has 2 aliphatic rings. The van der Waals surface area contributed by atoms with Crippen molar-refractivity contribution in [2.24, 2.45) is 0 Å². The predicted octanol–water partition coefficient (Wildman–Crippen LogP) is 3.54. The molecule has 0 saturated carbocycles.